The van der Waals surface area contributed by atoms with E-state index in [1.165, 1.54) is 11.4 Å². The molecule has 0 amide bonds. The first-order valence-electron chi connectivity index (χ1n) is 2.34. The highest BCUT2D eigenvalue weighted by molar-refractivity contribution is 9.02. The summed E-state index contributed by atoms with van der Waals surface area (Å²) in [7, 11) is -1.07. The van der Waals surface area contributed by atoms with Crippen molar-refractivity contribution in [1.29, 1.82) is 0 Å². The van der Waals surface area contributed by atoms with Crippen LogP contribution in [0.4, 0.5) is 0 Å². The van der Waals surface area contributed by atoms with E-state index < -0.39 is 9.06 Å². The Morgan fingerprint density at radius 2 is 2.11 bits per heavy atom. The normalized spacial score (nSPS) is 12.4. The fraction of sp³-hybridized carbons (Fsp3) is 1.00. The van der Waals surface area contributed by atoms with Crippen molar-refractivity contribution in [2.75, 3.05) is 13.6 Å². The van der Waals surface area contributed by atoms with Crippen molar-refractivity contribution < 1.29 is 8.42 Å². The van der Waals surface area contributed by atoms with Crippen LogP contribution in [0.1, 0.15) is 6.92 Å². The molecule has 0 saturated heterocycles. The molecule has 0 spiro atoms. The average Bonchev–Trinajstić information content (AvgIpc) is 1.86. The average molecular weight is 187 g/mol. The third-order valence-corrected chi connectivity index (χ3v) is 5.16. The van der Waals surface area contributed by atoms with Gasteiger partial charge in [0.05, 0.1) is 9.83 Å². The predicted molar refractivity (Wildman–Crippen MR) is 43.8 cm³/mol. The Balaban J connectivity index is 4.17. The Labute approximate surface area is 64.1 Å². The molecular formula is C3H9NO2S3. The minimum absolute atomic E-state index is 0.482. The molecule has 6 heteroatoms. The van der Waals surface area contributed by atoms with Crippen molar-refractivity contribution in [3.8, 4) is 0 Å². The lowest BCUT2D eigenvalue weighted by Gasteiger charge is -2.10. The van der Waals surface area contributed by atoms with E-state index in [0.29, 0.717) is 16.4 Å². The highest BCUT2D eigenvalue weighted by Crippen LogP contribution is 2.18. The van der Waals surface area contributed by atoms with Crippen LogP contribution in [0.15, 0.2) is 0 Å². The van der Waals surface area contributed by atoms with Gasteiger partial charge >= 0.3 is 0 Å². The molecule has 0 radical (unpaired) electrons. The smallest absolute Gasteiger partial charge is 0.200 e. The van der Waals surface area contributed by atoms with Crippen molar-refractivity contribution in [3.63, 3.8) is 0 Å². The molecule has 0 aliphatic heterocycles. The molecule has 0 aromatic heterocycles. The lowest BCUT2D eigenvalue weighted by atomic mass is 10.8. The predicted octanol–water partition coefficient (Wildman–Crippen LogP) is 0.761. The second-order valence-corrected chi connectivity index (χ2v) is 6.13. The molecule has 56 valence electrons. The van der Waals surface area contributed by atoms with Gasteiger partial charge in [0.1, 0.15) is 0 Å². The van der Waals surface area contributed by atoms with Gasteiger partial charge in [-0.1, -0.05) is 18.6 Å². The monoisotopic (exact) mass is 187 g/mol. The van der Waals surface area contributed by atoms with Gasteiger partial charge in [-0.25, -0.2) is 0 Å². The molecule has 3 nitrogen and oxygen atoms in total. The quantitative estimate of drug-likeness (QED) is 0.523. The summed E-state index contributed by atoms with van der Waals surface area (Å²) in [6.07, 6.45) is 0. The van der Waals surface area contributed by atoms with Crippen molar-refractivity contribution in [3.05, 3.63) is 0 Å². The molecule has 0 aromatic carbocycles. The van der Waals surface area contributed by atoms with Crippen LogP contribution >= 0.6 is 21.5 Å². The van der Waals surface area contributed by atoms with Crippen LogP contribution in [-0.4, -0.2) is 26.3 Å². The molecule has 0 unspecified atom stereocenters. The van der Waals surface area contributed by atoms with Gasteiger partial charge in [0.2, 0.25) is 0 Å². The van der Waals surface area contributed by atoms with E-state index in [2.05, 4.69) is 11.7 Å². The fourth-order valence-electron chi connectivity index (χ4n) is 0.215. The second kappa shape index (κ2) is 3.70. The third-order valence-electron chi connectivity index (χ3n) is 0.921. The van der Waals surface area contributed by atoms with Gasteiger partial charge in [-0.2, -0.15) is 12.7 Å². The number of nitrogens with zero attached hydrogens (tertiary/aromatic N) is 1. The fourth-order valence-corrected chi connectivity index (χ4v) is 2.33. The van der Waals surface area contributed by atoms with Crippen molar-refractivity contribution in [1.82, 2.24) is 4.31 Å². The first-order chi connectivity index (χ1) is 4.04. The van der Waals surface area contributed by atoms with Crippen LogP contribution in [0.5, 0.6) is 0 Å². The molecule has 0 aromatic rings. The van der Waals surface area contributed by atoms with Crippen LogP contribution in [0, 0.1) is 0 Å². The minimum atomic E-state index is -3.13. The highest BCUT2D eigenvalue weighted by atomic mass is 33.5. The van der Waals surface area contributed by atoms with Crippen LogP contribution in [0.3, 0.4) is 0 Å². The topological polar surface area (TPSA) is 37.4 Å². The van der Waals surface area contributed by atoms with Gasteiger partial charge < -0.3 is 0 Å². The van der Waals surface area contributed by atoms with E-state index in [1.54, 1.807) is 6.92 Å². The summed E-state index contributed by atoms with van der Waals surface area (Å²) in [6, 6.07) is 0. The molecule has 0 fully saturated rings. The maximum atomic E-state index is 10.7. The maximum Gasteiger partial charge on any atom is 0.276 e. The van der Waals surface area contributed by atoms with Crippen molar-refractivity contribution in [2.24, 2.45) is 0 Å². The zero-order valence-electron chi connectivity index (χ0n) is 5.23. The van der Waals surface area contributed by atoms with Crippen LogP contribution < -0.4 is 0 Å². The zero-order valence-corrected chi connectivity index (χ0v) is 7.76. The van der Waals surface area contributed by atoms with Gasteiger partial charge in [-0.05, 0) is 0 Å². The minimum Gasteiger partial charge on any atom is -0.200 e. The van der Waals surface area contributed by atoms with Gasteiger partial charge in [-0.15, -0.1) is 0 Å². The summed E-state index contributed by atoms with van der Waals surface area (Å²) in [5.41, 5.74) is 0. The highest BCUT2D eigenvalue weighted by Gasteiger charge is 2.13. The number of hydrogen-bond donors (Lipinski definition) is 1. The van der Waals surface area contributed by atoms with Crippen molar-refractivity contribution in [2.45, 2.75) is 6.92 Å². The molecule has 0 rings (SSSR count). The second-order valence-electron chi connectivity index (χ2n) is 1.45. The Morgan fingerprint density at radius 3 is 2.22 bits per heavy atom. The maximum absolute atomic E-state index is 10.7. The molecular weight excluding hydrogens is 178 g/mol. The Bertz CT molecular complexity index is 164. The summed E-state index contributed by atoms with van der Waals surface area (Å²) in [5.74, 6) is 0. The van der Waals surface area contributed by atoms with E-state index in [-0.39, 0.29) is 0 Å². The molecule has 0 atom stereocenters. The molecule has 0 aliphatic rings. The third kappa shape index (κ3) is 2.79. The molecule has 9 heavy (non-hydrogen) atoms. The van der Waals surface area contributed by atoms with Crippen LogP contribution in [0.2, 0.25) is 0 Å². The van der Waals surface area contributed by atoms with E-state index in [1.807, 2.05) is 0 Å². The Kier molecular flexibility index (Phi) is 3.95. The molecule has 0 bridgehead atoms. The summed E-state index contributed by atoms with van der Waals surface area (Å²) in [4.78, 5) is 0. The SMILES string of the molecule is CCN(C)S(=O)(=O)SS. The van der Waals surface area contributed by atoms with Crippen LogP contribution in [-0.2, 0) is 9.06 Å². The van der Waals surface area contributed by atoms with Gasteiger partial charge in [0.25, 0.3) is 9.06 Å². The first kappa shape index (κ1) is 9.61. The summed E-state index contributed by atoms with van der Waals surface area (Å²) in [5, 5.41) is 0. The number of thiol groups is 1. The van der Waals surface area contributed by atoms with E-state index in [4.69, 9.17) is 0 Å². The van der Waals surface area contributed by atoms with E-state index in [9.17, 15) is 8.42 Å². The lowest BCUT2D eigenvalue weighted by molar-refractivity contribution is 0.503. The Morgan fingerprint density at radius 1 is 1.67 bits per heavy atom. The molecule has 0 aliphatic carbocycles. The van der Waals surface area contributed by atoms with Gasteiger partial charge in [0, 0.05) is 13.6 Å². The van der Waals surface area contributed by atoms with Crippen LogP contribution in [0.25, 0.3) is 0 Å². The Hall–Kier alpha value is 0.610. The molecule has 0 saturated carbocycles. The van der Waals surface area contributed by atoms with E-state index >= 15 is 0 Å². The summed E-state index contributed by atoms with van der Waals surface area (Å²) >= 11 is 3.58. The summed E-state index contributed by atoms with van der Waals surface area (Å²) < 4.78 is 22.7. The molecule has 0 heterocycles. The van der Waals surface area contributed by atoms with E-state index in [0.717, 1.165) is 0 Å². The largest absolute Gasteiger partial charge is 0.276 e. The number of hydrogen-bond acceptors (Lipinski definition) is 4. The summed E-state index contributed by atoms with van der Waals surface area (Å²) in [6.45, 7) is 2.25. The van der Waals surface area contributed by atoms with Crippen molar-refractivity contribution >= 4 is 30.5 Å². The number of rotatable bonds is 3. The lowest BCUT2D eigenvalue weighted by Crippen LogP contribution is -2.22. The first-order valence-corrected chi connectivity index (χ1v) is 6.16. The molecule has 0 N–H and O–H groups in total. The standard InChI is InChI=1S/C3H9NO2S3/c1-3-4(2)9(5,6)8-7/h7H,3H2,1-2H3. The van der Waals surface area contributed by atoms with Gasteiger partial charge in [-0.3, -0.25) is 0 Å². The van der Waals surface area contributed by atoms with Gasteiger partial charge in [0.15, 0.2) is 0 Å². The zero-order chi connectivity index (χ0) is 7.49.